The van der Waals surface area contributed by atoms with Gasteiger partial charge >= 0.3 is 0 Å². The third-order valence-electron chi connectivity index (χ3n) is 2.69. The number of rotatable bonds is 3. The molecule has 2 rings (SSSR count). The largest absolute Gasteiger partial charge is 0.373 e. The van der Waals surface area contributed by atoms with Crippen LogP contribution >= 0.6 is 46.8 Å². The molecule has 1 aliphatic heterocycles. The summed E-state index contributed by atoms with van der Waals surface area (Å²) in [4.78, 5) is 23.9. The molecular formula is C12H11Cl3N2O2S. The number of amides is 2. The molecule has 1 atom stereocenters. The highest BCUT2D eigenvalue weighted by atomic mass is 35.6. The number of alkyl halides is 3. The fourth-order valence-corrected chi connectivity index (χ4v) is 2.99. The van der Waals surface area contributed by atoms with E-state index in [1.54, 1.807) is 0 Å². The van der Waals surface area contributed by atoms with Crippen LogP contribution in [0.25, 0.3) is 0 Å². The number of hydrogen-bond acceptors (Lipinski definition) is 4. The average molecular weight is 354 g/mol. The van der Waals surface area contributed by atoms with Gasteiger partial charge in [0.25, 0.3) is 9.03 Å². The Morgan fingerprint density at radius 2 is 1.85 bits per heavy atom. The van der Waals surface area contributed by atoms with Crippen molar-refractivity contribution in [2.24, 2.45) is 0 Å². The summed E-state index contributed by atoms with van der Waals surface area (Å²) >= 11 is 17.4. The topological polar surface area (TPSA) is 49.4 Å². The monoisotopic (exact) mass is 352 g/mol. The summed E-state index contributed by atoms with van der Waals surface area (Å²) in [5, 5.41) is 3.01. The van der Waals surface area contributed by atoms with Crippen molar-refractivity contribution in [3.8, 4) is 0 Å². The minimum Gasteiger partial charge on any atom is -0.373 e. The first-order valence-electron chi connectivity index (χ1n) is 5.72. The number of nitrogens with zero attached hydrogens (tertiary/aromatic N) is 1. The van der Waals surface area contributed by atoms with Gasteiger partial charge in [0.1, 0.15) is 6.04 Å². The van der Waals surface area contributed by atoms with Crippen LogP contribution in [0.1, 0.15) is 12.0 Å². The summed E-state index contributed by atoms with van der Waals surface area (Å²) in [6.45, 7) is 1.97. The first-order valence-corrected chi connectivity index (χ1v) is 7.63. The molecule has 1 saturated heterocycles. The number of anilines is 1. The van der Waals surface area contributed by atoms with Gasteiger partial charge in [-0.1, -0.05) is 52.5 Å². The highest BCUT2D eigenvalue weighted by Crippen LogP contribution is 2.43. The van der Waals surface area contributed by atoms with E-state index in [2.05, 4.69) is 5.32 Å². The minimum atomic E-state index is -1.75. The maximum atomic E-state index is 12.1. The van der Waals surface area contributed by atoms with Gasteiger partial charge in [0.15, 0.2) is 0 Å². The van der Waals surface area contributed by atoms with E-state index >= 15 is 0 Å². The zero-order valence-electron chi connectivity index (χ0n) is 10.4. The van der Waals surface area contributed by atoms with E-state index in [4.69, 9.17) is 34.8 Å². The van der Waals surface area contributed by atoms with Gasteiger partial charge in [-0.25, -0.2) is 4.31 Å². The van der Waals surface area contributed by atoms with E-state index in [0.717, 1.165) is 15.6 Å². The Bertz CT molecular complexity index is 530. The van der Waals surface area contributed by atoms with Crippen LogP contribution in [-0.4, -0.2) is 25.3 Å². The Kier molecular flexibility index (Phi) is 4.74. The highest BCUT2D eigenvalue weighted by molar-refractivity contribution is 8.03. The third kappa shape index (κ3) is 3.95. The van der Waals surface area contributed by atoms with Crippen molar-refractivity contribution in [1.29, 1.82) is 0 Å². The smallest absolute Gasteiger partial charge is 0.262 e. The van der Waals surface area contributed by atoms with Crippen LogP contribution in [0.15, 0.2) is 24.3 Å². The molecule has 0 radical (unpaired) electrons. The summed E-state index contributed by atoms with van der Waals surface area (Å²) in [7, 11) is 0. The lowest BCUT2D eigenvalue weighted by Crippen LogP contribution is -2.31. The van der Waals surface area contributed by atoms with Gasteiger partial charge in [0, 0.05) is 17.6 Å². The third-order valence-corrected chi connectivity index (χ3v) is 4.09. The molecule has 20 heavy (non-hydrogen) atoms. The lowest BCUT2D eigenvalue weighted by Gasteiger charge is -2.18. The zero-order chi connectivity index (χ0) is 14.9. The molecule has 1 fully saturated rings. The SMILES string of the molecule is Cc1ccc(NC2CC(=O)N(SC(Cl)(Cl)Cl)C2=O)cc1. The molecule has 1 heterocycles. The number of hydrogen-bond donors (Lipinski definition) is 1. The number of imide groups is 1. The number of carbonyl (C=O) groups excluding carboxylic acids is 2. The van der Waals surface area contributed by atoms with Crippen molar-refractivity contribution in [1.82, 2.24) is 4.31 Å². The van der Waals surface area contributed by atoms with Crippen LogP contribution < -0.4 is 5.32 Å². The molecule has 0 saturated carbocycles. The molecule has 0 aromatic heterocycles. The van der Waals surface area contributed by atoms with Crippen LogP contribution in [0.5, 0.6) is 0 Å². The fourth-order valence-electron chi connectivity index (χ4n) is 1.77. The van der Waals surface area contributed by atoms with Gasteiger partial charge in [-0.05, 0) is 19.1 Å². The van der Waals surface area contributed by atoms with Crippen LogP contribution in [-0.2, 0) is 9.59 Å². The molecule has 108 valence electrons. The van der Waals surface area contributed by atoms with E-state index in [0.29, 0.717) is 11.9 Å². The highest BCUT2D eigenvalue weighted by Gasteiger charge is 2.43. The molecule has 0 spiro atoms. The number of aryl methyl sites for hydroxylation is 1. The molecule has 4 nitrogen and oxygen atoms in total. The van der Waals surface area contributed by atoms with Crippen molar-refractivity contribution in [2.75, 3.05) is 5.32 Å². The molecule has 1 N–H and O–H groups in total. The first-order chi connectivity index (χ1) is 9.26. The number of benzene rings is 1. The Hall–Kier alpha value is -0.620. The standard InChI is InChI=1S/C12H11Cl3N2O2S/c1-7-2-4-8(5-3-7)16-9-6-10(18)17(11(9)19)20-12(13,14)15/h2-5,9,16H,6H2,1H3. The van der Waals surface area contributed by atoms with E-state index in [9.17, 15) is 9.59 Å². The molecule has 0 bridgehead atoms. The zero-order valence-corrected chi connectivity index (χ0v) is 13.5. The van der Waals surface area contributed by atoms with E-state index < -0.39 is 15.1 Å². The lowest BCUT2D eigenvalue weighted by atomic mass is 10.2. The molecule has 1 unspecified atom stereocenters. The molecule has 0 aliphatic carbocycles. The summed E-state index contributed by atoms with van der Waals surface area (Å²) in [6, 6.07) is 6.88. The molecule has 2 amide bonds. The molecule has 1 aliphatic rings. The summed E-state index contributed by atoms with van der Waals surface area (Å²) < 4.78 is -0.844. The number of carbonyl (C=O) groups is 2. The maximum Gasteiger partial charge on any atom is 0.262 e. The predicted molar refractivity (Wildman–Crippen MR) is 82.9 cm³/mol. The summed E-state index contributed by atoms with van der Waals surface area (Å²) in [6.07, 6.45) is 0.0421. The minimum absolute atomic E-state index is 0.0421. The van der Waals surface area contributed by atoms with Gasteiger partial charge in [0.2, 0.25) is 5.91 Å². The molecule has 1 aromatic rings. The molecule has 8 heteroatoms. The van der Waals surface area contributed by atoms with Gasteiger partial charge < -0.3 is 5.32 Å². The normalized spacial score (nSPS) is 19.6. The molecule has 1 aromatic carbocycles. The average Bonchev–Trinajstić information content (AvgIpc) is 2.58. The van der Waals surface area contributed by atoms with Crippen LogP contribution in [0.4, 0.5) is 5.69 Å². The van der Waals surface area contributed by atoms with Crippen LogP contribution in [0.2, 0.25) is 0 Å². The Balaban J connectivity index is 2.06. The van der Waals surface area contributed by atoms with Crippen LogP contribution in [0, 0.1) is 6.92 Å². The Morgan fingerprint density at radius 1 is 1.25 bits per heavy atom. The second-order valence-electron chi connectivity index (χ2n) is 4.33. The van der Waals surface area contributed by atoms with Crippen molar-refractivity contribution < 1.29 is 9.59 Å². The number of halogens is 3. The number of nitrogens with one attached hydrogen (secondary N) is 1. The first kappa shape index (κ1) is 15.8. The second kappa shape index (κ2) is 6.02. The molecular weight excluding hydrogens is 343 g/mol. The van der Waals surface area contributed by atoms with Crippen LogP contribution in [0.3, 0.4) is 0 Å². The quantitative estimate of drug-likeness (QED) is 0.513. The van der Waals surface area contributed by atoms with Crippen molar-refractivity contribution in [3.05, 3.63) is 29.8 Å². The van der Waals surface area contributed by atoms with Crippen molar-refractivity contribution in [3.63, 3.8) is 0 Å². The van der Waals surface area contributed by atoms with E-state index in [-0.39, 0.29) is 12.3 Å². The van der Waals surface area contributed by atoms with Crippen molar-refractivity contribution in [2.45, 2.75) is 22.5 Å². The lowest BCUT2D eigenvalue weighted by molar-refractivity contribution is -0.132. The van der Waals surface area contributed by atoms with Gasteiger partial charge in [0.05, 0.1) is 6.42 Å². The Morgan fingerprint density at radius 3 is 2.40 bits per heavy atom. The maximum absolute atomic E-state index is 12.1. The van der Waals surface area contributed by atoms with Gasteiger partial charge in [-0.2, -0.15) is 0 Å². The van der Waals surface area contributed by atoms with Gasteiger partial charge in [-0.3, -0.25) is 9.59 Å². The van der Waals surface area contributed by atoms with E-state index in [1.165, 1.54) is 0 Å². The Labute approximate surface area is 135 Å². The van der Waals surface area contributed by atoms with Gasteiger partial charge in [-0.15, -0.1) is 0 Å². The summed E-state index contributed by atoms with van der Waals surface area (Å²) in [5.41, 5.74) is 1.88. The fraction of sp³-hybridized carbons (Fsp3) is 0.333. The predicted octanol–water partition coefficient (Wildman–Crippen LogP) is 3.51. The second-order valence-corrected chi connectivity index (χ2v) is 8.44. The summed E-state index contributed by atoms with van der Waals surface area (Å²) in [5.74, 6) is -0.789. The van der Waals surface area contributed by atoms with E-state index in [1.807, 2.05) is 31.2 Å². The van der Waals surface area contributed by atoms with Crippen molar-refractivity contribution >= 4 is 64.3 Å².